The summed E-state index contributed by atoms with van der Waals surface area (Å²) < 4.78 is 0. The highest BCUT2D eigenvalue weighted by molar-refractivity contribution is 6.15. The maximum absolute atomic E-state index is 13.7. The highest BCUT2D eigenvalue weighted by atomic mass is 16.3. The Morgan fingerprint density at radius 1 is 1.06 bits per heavy atom. The summed E-state index contributed by atoms with van der Waals surface area (Å²) in [5.41, 5.74) is 2.04. The molecule has 0 aromatic heterocycles. The van der Waals surface area contributed by atoms with Crippen LogP contribution < -0.4 is 10.6 Å². The third kappa shape index (κ3) is 2.77. The fraction of sp³-hybridized carbons (Fsp3) is 0.400. The SMILES string of the molecule is CCc1cccc2c1NC(=O)[C@]21N[C@H]([C@H](C)O)[C@H]2C(=O)N(CCc3ccccc3)C(=O)[C@H]21. The second-order valence-corrected chi connectivity index (χ2v) is 8.93. The van der Waals surface area contributed by atoms with E-state index in [0.717, 1.165) is 17.5 Å². The Balaban J connectivity index is 1.56. The molecule has 3 amide bonds. The van der Waals surface area contributed by atoms with E-state index in [0.29, 0.717) is 17.7 Å². The van der Waals surface area contributed by atoms with Gasteiger partial charge in [-0.25, -0.2) is 0 Å². The summed E-state index contributed by atoms with van der Waals surface area (Å²) in [7, 11) is 0. The summed E-state index contributed by atoms with van der Waals surface area (Å²) >= 11 is 0. The van der Waals surface area contributed by atoms with Gasteiger partial charge in [-0.3, -0.25) is 24.6 Å². The number of nitrogens with one attached hydrogen (secondary N) is 2. The molecule has 0 bridgehead atoms. The van der Waals surface area contributed by atoms with Gasteiger partial charge in [-0.05, 0) is 30.9 Å². The zero-order valence-corrected chi connectivity index (χ0v) is 18.2. The number of carbonyl (C=O) groups is 3. The highest BCUT2D eigenvalue weighted by Crippen LogP contribution is 2.53. The minimum atomic E-state index is -1.36. The van der Waals surface area contributed by atoms with Crippen molar-refractivity contribution in [3.05, 3.63) is 65.2 Å². The van der Waals surface area contributed by atoms with Crippen molar-refractivity contribution >= 4 is 23.4 Å². The molecule has 5 rings (SSSR count). The summed E-state index contributed by atoms with van der Waals surface area (Å²) in [6.07, 6.45) is 0.364. The third-order valence-electron chi connectivity index (χ3n) is 7.23. The molecule has 5 atom stereocenters. The van der Waals surface area contributed by atoms with Crippen molar-refractivity contribution in [2.24, 2.45) is 11.8 Å². The molecule has 3 heterocycles. The Kier molecular flexibility index (Phi) is 4.91. The topological polar surface area (TPSA) is 98.7 Å². The Morgan fingerprint density at radius 3 is 2.50 bits per heavy atom. The summed E-state index contributed by atoms with van der Waals surface area (Å²) in [6, 6.07) is 14.6. The molecule has 3 N–H and O–H groups in total. The first-order valence-electron chi connectivity index (χ1n) is 11.2. The van der Waals surface area contributed by atoms with Crippen LogP contribution in [-0.2, 0) is 32.8 Å². The van der Waals surface area contributed by atoms with Crippen molar-refractivity contribution in [3.63, 3.8) is 0 Å². The van der Waals surface area contributed by atoms with Crippen molar-refractivity contribution in [1.82, 2.24) is 10.2 Å². The molecule has 0 unspecified atom stereocenters. The highest BCUT2D eigenvalue weighted by Gasteiger charge is 2.71. The van der Waals surface area contributed by atoms with Gasteiger partial charge < -0.3 is 10.4 Å². The van der Waals surface area contributed by atoms with Crippen LogP contribution in [0.3, 0.4) is 0 Å². The third-order valence-corrected chi connectivity index (χ3v) is 7.23. The minimum Gasteiger partial charge on any atom is -0.392 e. The van der Waals surface area contributed by atoms with Crippen LogP contribution >= 0.6 is 0 Å². The van der Waals surface area contributed by atoms with Crippen LogP contribution in [0.4, 0.5) is 5.69 Å². The van der Waals surface area contributed by atoms with E-state index in [1.807, 2.05) is 55.5 Å². The largest absolute Gasteiger partial charge is 0.392 e. The fourth-order valence-electron chi connectivity index (χ4n) is 5.69. The quantitative estimate of drug-likeness (QED) is 0.622. The van der Waals surface area contributed by atoms with E-state index in [1.165, 1.54) is 4.90 Å². The molecule has 2 aromatic rings. The van der Waals surface area contributed by atoms with Gasteiger partial charge in [0, 0.05) is 23.8 Å². The smallest absolute Gasteiger partial charge is 0.250 e. The number of aliphatic hydroxyl groups excluding tert-OH is 1. The molecule has 0 saturated carbocycles. The molecule has 7 nitrogen and oxygen atoms in total. The number of imide groups is 1. The number of hydrogen-bond donors (Lipinski definition) is 3. The van der Waals surface area contributed by atoms with E-state index >= 15 is 0 Å². The molecule has 3 aliphatic heterocycles. The molecule has 2 saturated heterocycles. The minimum absolute atomic E-state index is 0.251. The molecule has 3 aliphatic rings. The Labute approximate surface area is 186 Å². The second kappa shape index (κ2) is 7.53. The van der Waals surface area contributed by atoms with Gasteiger partial charge in [0.05, 0.1) is 17.9 Å². The number of anilines is 1. The van der Waals surface area contributed by atoms with Gasteiger partial charge in [0.25, 0.3) is 0 Å². The molecule has 2 fully saturated rings. The van der Waals surface area contributed by atoms with Crippen LogP contribution in [0.25, 0.3) is 0 Å². The van der Waals surface area contributed by atoms with Crippen LogP contribution in [0.1, 0.15) is 30.5 Å². The van der Waals surface area contributed by atoms with Gasteiger partial charge in [0.2, 0.25) is 17.7 Å². The van der Waals surface area contributed by atoms with E-state index in [9.17, 15) is 19.5 Å². The van der Waals surface area contributed by atoms with Crippen LogP contribution in [0, 0.1) is 11.8 Å². The van der Waals surface area contributed by atoms with Crippen molar-refractivity contribution in [2.45, 2.75) is 44.4 Å². The van der Waals surface area contributed by atoms with Gasteiger partial charge in [-0.15, -0.1) is 0 Å². The number of carbonyl (C=O) groups excluding carboxylic acids is 3. The maximum atomic E-state index is 13.7. The molecule has 32 heavy (non-hydrogen) atoms. The fourth-order valence-corrected chi connectivity index (χ4v) is 5.69. The van der Waals surface area contributed by atoms with E-state index in [-0.39, 0.29) is 24.3 Å². The number of rotatable bonds is 5. The van der Waals surface area contributed by atoms with Crippen molar-refractivity contribution < 1.29 is 19.5 Å². The molecular weight excluding hydrogens is 406 g/mol. The van der Waals surface area contributed by atoms with Gasteiger partial charge in [0.15, 0.2) is 0 Å². The molecule has 2 aromatic carbocycles. The van der Waals surface area contributed by atoms with Crippen LogP contribution in [0.15, 0.2) is 48.5 Å². The van der Waals surface area contributed by atoms with E-state index in [1.54, 1.807) is 6.92 Å². The molecule has 7 heteroatoms. The second-order valence-electron chi connectivity index (χ2n) is 8.93. The first-order valence-corrected chi connectivity index (χ1v) is 11.2. The van der Waals surface area contributed by atoms with E-state index in [2.05, 4.69) is 10.6 Å². The van der Waals surface area contributed by atoms with Gasteiger partial charge in [-0.2, -0.15) is 0 Å². The van der Waals surface area contributed by atoms with Gasteiger partial charge in [0.1, 0.15) is 5.54 Å². The average Bonchev–Trinajstić information content (AvgIpc) is 3.38. The summed E-state index contributed by atoms with van der Waals surface area (Å²) in [5, 5.41) is 16.7. The summed E-state index contributed by atoms with van der Waals surface area (Å²) in [5.74, 6) is -2.69. The van der Waals surface area contributed by atoms with Crippen LogP contribution in [0.5, 0.6) is 0 Å². The Bertz CT molecular complexity index is 1100. The Hall–Kier alpha value is -3.03. The van der Waals surface area contributed by atoms with Gasteiger partial charge in [-0.1, -0.05) is 55.5 Å². The first-order chi connectivity index (χ1) is 15.4. The van der Waals surface area contributed by atoms with Crippen LogP contribution in [-0.4, -0.2) is 46.4 Å². The normalized spacial score (nSPS) is 29.4. The molecular formula is C25H27N3O4. The van der Waals surface area contributed by atoms with Crippen LogP contribution in [0.2, 0.25) is 0 Å². The summed E-state index contributed by atoms with van der Waals surface area (Å²) in [4.78, 5) is 41.8. The number of hydrogen-bond acceptors (Lipinski definition) is 5. The average molecular weight is 434 g/mol. The monoisotopic (exact) mass is 433 g/mol. The molecule has 0 aliphatic carbocycles. The van der Waals surface area contributed by atoms with Gasteiger partial charge >= 0.3 is 0 Å². The number of likely N-dealkylation sites (tertiary alicyclic amines) is 1. The van der Waals surface area contributed by atoms with Crippen molar-refractivity contribution in [3.8, 4) is 0 Å². The number of benzene rings is 2. The molecule has 0 radical (unpaired) electrons. The standard InChI is InChI=1S/C25H27N3O4/c1-3-16-10-7-11-17-21(16)26-24(32)25(17)19-18(20(27-25)14(2)29)22(30)28(23(19)31)13-12-15-8-5-4-6-9-15/h4-11,14,18-20,27,29H,3,12-13H2,1-2H3,(H,26,32)/t14-,18-,19-,20+,25-/m0/s1. The van der Waals surface area contributed by atoms with E-state index in [4.69, 9.17) is 0 Å². The number of aliphatic hydroxyl groups is 1. The molecule has 1 spiro atoms. The Morgan fingerprint density at radius 2 is 1.81 bits per heavy atom. The number of amides is 3. The zero-order valence-electron chi connectivity index (χ0n) is 18.2. The van der Waals surface area contributed by atoms with E-state index < -0.39 is 29.5 Å². The zero-order chi connectivity index (χ0) is 22.6. The maximum Gasteiger partial charge on any atom is 0.250 e. The number of para-hydroxylation sites is 1. The predicted octanol–water partition coefficient (Wildman–Crippen LogP) is 1.59. The van der Waals surface area contributed by atoms with Crippen molar-refractivity contribution in [2.75, 3.05) is 11.9 Å². The first kappa shape index (κ1) is 20.8. The number of aryl methyl sites for hydroxylation is 1. The lowest BCUT2D eigenvalue weighted by Crippen LogP contribution is -2.54. The summed E-state index contributed by atoms with van der Waals surface area (Å²) in [6.45, 7) is 3.85. The van der Waals surface area contributed by atoms with Crippen molar-refractivity contribution in [1.29, 1.82) is 0 Å². The lowest BCUT2D eigenvalue weighted by atomic mass is 9.76. The molecule has 166 valence electrons. The predicted molar refractivity (Wildman–Crippen MR) is 119 cm³/mol. The lowest BCUT2D eigenvalue weighted by molar-refractivity contribution is -0.143. The lowest BCUT2D eigenvalue weighted by Gasteiger charge is -2.30. The number of fused-ring (bicyclic) bond motifs is 4. The number of nitrogens with zero attached hydrogens (tertiary/aromatic N) is 1.